The zero-order chi connectivity index (χ0) is 18.3. The smallest absolute Gasteiger partial charge is 0.351 e. The lowest BCUT2D eigenvalue weighted by Crippen LogP contribution is -2.19. The molecule has 0 atom stereocenters. The van der Waals surface area contributed by atoms with E-state index in [1.165, 1.54) is 6.07 Å². The van der Waals surface area contributed by atoms with Gasteiger partial charge in [0.1, 0.15) is 16.7 Å². The molecule has 0 aliphatic heterocycles. The summed E-state index contributed by atoms with van der Waals surface area (Å²) in [5.41, 5.74) is -0.0277. The van der Waals surface area contributed by atoms with Gasteiger partial charge >= 0.3 is 11.6 Å². The van der Waals surface area contributed by atoms with Gasteiger partial charge in [-0.05, 0) is 40.2 Å². The third kappa shape index (κ3) is 2.93. The second-order valence-corrected chi connectivity index (χ2v) is 7.15. The van der Waals surface area contributed by atoms with Gasteiger partial charge in [0.2, 0.25) is 0 Å². The molecule has 0 unspecified atom stereocenters. The number of nitrogens with zero attached hydrogens (tertiary/aromatic N) is 1. The molecular formula is C19H9Br2NO4. The molecule has 0 aliphatic rings. The third-order valence-electron chi connectivity index (χ3n) is 3.81. The molecular weight excluding hydrogens is 466 g/mol. The van der Waals surface area contributed by atoms with Gasteiger partial charge < -0.3 is 9.15 Å². The number of carbonyl (C=O) groups is 1. The van der Waals surface area contributed by atoms with E-state index in [9.17, 15) is 9.59 Å². The maximum absolute atomic E-state index is 12.6. The van der Waals surface area contributed by atoms with Gasteiger partial charge in [-0.3, -0.25) is 4.98 Å². The van der Waals surface area contributed by atoms with Crippen molar-refractivity contribution in [1.82, 2.24) is 4.98 Å². The van der Waals surface area contributed by atoms with Crippen LogP contribution in [0.1, 0.15) is 10.4 Å². The summed E-state index contributed by atoms with van der Waals surface area (Å²) in [6.07, 6.45) is 1.60. The molecule has 26 heavy (non-hydrogen) atoms. The van der Waals surface area contributed by atoms with Crippen molar-refractivity contribution in [3.63, 3.8) is 0 Å². The van der Waals surface area contributed by atoms with Gasteiger partial charge in [-0.1, -0.05) is 40.2 Å². The Balaban J connectivity index is 1.81. The van der Waals surface area contributed by atoms with Crippen LogP contribution in [0.5, 0.6) is 5.75 Å². The van der Waals surface area contributed by atoms with Crippen LogP contribution in [0.2, 0.25) is 0 Å². The van der Waals surface area contributed by atoms with Gasteiger partial charge in [-0.25, -0.2) is 9.59 Å². The van der Waals surface area contributed by atoms with Gasteiger partial charge in [-0.15, -0.1) is 0 Å². The fraction of sp³-hybridized carbons (Fsp3) is 0. The van der Waals surface area contributed by atoms with Crippen LogP contribution in [-0.2, 0) is 0 Å². The van der Waals surface area contributed by atoms with Crippen LogP contribution in [0.3, 0.4) is 0 Å². The fourth-order valence-electron chi connectivity index (χ4n) is 2.60. The average molecular weight is 475 g/mol. The van der Waals surface area contributed by atoms with Crippen LogP contribution in [0.25, 0.3) is 21.9 Å². The molecule has 4 rings (SSSR count). The van der Waals surface area contributed by atoms with Crippen LogP contribution in [-0.4, -0.2) is 11.0 Å². The number of esters is 1. The van der Waals surface area contributed by atoms with Crippen molar-refractivity contribution in [3.05, 3.63) is 79.7 Å². The Morgan fingerprint density at radius 1 is 1.04 bits per heavy atom. The quantitative estimate of drug-likeness (QED) is 0.230. The summed E-state index contributed by atoms with van der Waals surface area (Å²) >= 11 is 6.84. The summed E-state index contributed by atoms with van der Waals surface area (Å²) in [7, 11) is 0. The Morgan fingerprint density at radius 2 is 1.85 bits per heavy atom. The minimum atomic E-state index is -0.806. The maximum Gasteiger partial charge on any atom is 0.351 e. The lowest BCUT2D eigenvalue weighted by atomic mass is 10.2. The molecule has 2 aromatic heterocycles. The molecule has 0 amide bonds. The number of fused-ring (bicyclic) bond motifs is 2. The summed E-state index contributed by atoms with van der Waals surface area (Å²) in [6.45, 7) is 0. The molecule has 2 aromatic carbocycles. The maximum atomic E-state index is 12.6. The highest BCUT2D eigenvalue weighted by atomic mass is 79.9. The van der Waals surface area contributed by atoms with Crippen LogP contribution in [0.4, 0.5) is 0 Å². The zero-order valence-corrected chi connectivity index (χ0v) is 16.2. The first-order valence-electron chi connectivity index (χ1n) is 7.52. The van der Waals surface area contributed by atoms with Gasteiger partial charge in [-0.2, -0.15) is 0 Å². The second kappa shape index (κ2) is 6.66. The Morgan fingerprint density at radius 3 is 2.69 bits per heavy atom. The van der Waals surface area contributed by atoms with E-state index in [2.05, 4.69) is 36.8 Å². The van der Waals surface area contributed by atoms with Gasteiger partial charge in [0.05, 0.1) is 4.47 Å². The molecule has 0 N–H and O–H groups in total. The minimum Gasteiger partial charge on any atom is -0.422 e. The number of hydrogen-bond acceptors (Lipinski definition) is 5. The highest BCUT2D eigenvalue weighted by molar-refractivity contribution is 9.11. The van der Waals surface area contributed by atoms with E-state index >= 15 is 0 Å². The Labute approximate surface area is 163 Å². The first-order chi connectivity index (χ1) is 12.5. The van der Waals surface area contributed by atoms with E-state index < -0.39 is 11.6 Å². The van der Waals surface area contributed by atoms with E-state index in [0.717, 1.165) is 9.86 Å². The van der Waals surface area contributed by atoms with Crippen molar-refractivity contribution in [2.75, 3.05) is 0 Å². The number of benzene rings is 2. The van der Waals surface area contributed by atoms with Crippen molar-refractivity contribution in [1.29, 1.82) is 0 Å². The van der Waals surface area contributed by atoms with E-state index in [0.29, 0.717) is 21.0 Å². The van der Waals surface area contributed by atoms with Crippen molar-refractivity contribution in [2.24, 2.45) is 0 Å². The normalized spacial score (nSPS) is 11.0. The van der Waals surface area contributed by atoms with Crippen molar-refractivity contribution in [2.45, 2.75) is 0 Å². The lowest BCUT2D eigenvalue weighted by molar-refractivity contribution is 0.0731. The molecule has 5 nitrogen and oxygen atoms in total. The zero-order valence-electron chi connectivity index (χ0n) is 13.0. The number of para-hydroxylation sites is 1. The highest BCUT2D eigenvalue weighted by Gasteiger charge is 2.20. The molecule has 4 aromatic rings. The summed E-state index contributed by atoms with van der Waals surface area (Å²) in [5.74, 6) is -0.569. The molecule has 0 saturated carbocycles. The third-order valence-corrected chi connectivity index (χ3v) is 5.05. The SMILES string of the molecule is O=C(Oc1c(Br)cc(Br)c2cccnc12)c1cc2ccccc2oc1=O. The van der Waals surface area contributed by atoms with E-state index in [-0.39, 0.29) is 11.3 Å². The Hall–Kier alpha value is -2.51. The standard InChI is InChI=1S/C19H9Br2NO4/c20-13-9-14(21)17(16-11(13)5-3-7-22-16)26-19(24)12-8-10-4-1-2-6-15(10)25-18(12)23/h1-9H. The van der Waals surface area contributed by atoms with Gasteiger partial charge in [0.25, 0.3) is 0 Å². The number of halogens is 2. The molecule has 0 radical (unpaired) electrons. The van der Waals surface area contributed by atoms with Gasteiger partial charge in [0, 0.05) is 21.4 Å². The Kier molecular flexibility index (Phi) is 4.34. The van der Waals surface area contributed by atoms with Crippen LogP contribution in [0.15, 0.2) is 72.9 Å². The lowest BCUT2D eigenvalue weighted by Gasteiger charge is -2.10. The molecule has 0 aliphatic carbocycles. The topological polar surface area (TPSA) is 69.4 Å². The van der Waals surface area contributed by atoms with E-state index in [4.69, 9.17) is 9.15 Å². The monoisotopic (exact) mass is 473 g/mol. The average Bonchev–Trinajstić information content (AvgIpc) is 2.64. The van der Waals surface area contributed by atoms with Crippen LogP contribution in [0, 0.1) is 0 Å². The number of aromatic nitrogens is 1. The van der Waals surface area contributed by atoms with Gasteiger partial charge in [0.15, 0.2) is 5.75 Å². The molecule has 128 valence electrons. The number of hydrogen-bond donors (Lipinski definition) is 0. The first kappa shape index (κ1) is 16.9. The summed E-state index contributed by atoms with van der Waals surface area (Å²) in [5, 5.41) is 1.42. The fourth-order valence-corrected chi connectivity index (χ4v) is 3.95. The summed E-state index contributed by atoms with van der Waals surface area (Å²) < 4.78 is 12.0. The number of rotatable bonds is 2. The van der Waals surface area contributed by atoms with Crippen molar-refractivity contribution in [3.8, 4) is 5.75 Å². The Bertz CT molecular complexity index is 1230. The molecule has 0 fully saturated rings. The van der Waals surface area contributed by atoms with E-state index in [1.54, 1.807) is 42.6 Å². The van der Waals surface area contributed by atoms with E-state index in [1.807, 2.05) is 6.07 Å². The summed E-state index contributed by atoms with van der Waals surface area (Å²) in [6, 6.07) is 13.8. The minimum absolute atomic E-state index is 0.178. The van der Waals surface area contributed by atoms with Crippen LogP contribution < -0.4 is 10.4 Å². The number of carbonyl (C=O) groups excluding carboxylic acids is 1. The second-order valence-electron chi connectivity index (χ2n) is 5.44. The molecule has 7 heteroatoms. The van der Waals surface area contributed by atoms with Crippen molar-refractivity contribution >= 4 is 59.7 Å². The predicted molar refractivity (Wildman–Crippen MR) is 105 cm³/mol. The molecule has 0 bridgehead atoms. The first-order valence-corrected chi connectivity index (χ1v) is 9.11. The highest BCUT2D eigenvalue weighted by Crippen LogP contribution is 2.37. The number of ether oxygens (including phenoxy) is 1. The molecule has 2 heterocycles. The molecule has 0 spiro atoms. The van der Waals surface area contributed by atoms with Crippen LogP contribution >= 0.6 is 31.9 Å². The van der Waals surface area contributed by atoms with Crippen molar-refractivity contribution < 1.29 is 13.9 Å². The molecule has 0 saturated heterocycles. The predicted octanol–water partition coefficient (Wildman–Crippen LogP) is 5.09. The number of pyridine rings is 1. The summed E-state index contributed by atoms with van der Waals surface area (Å²) in [4.78, 5) is 29.1. The largest absolute Gasteiger partial charge is 0.422 e.